The Morgan fingerprint density at radius 3 is 2.26 bits per heavy atom. The van der Waals surface area contributed by atoms with Crippen molar-refractivity contribution in [2.24, 2.45) is 0 Å². The molecule has 0 spiro atoms. The van der Waals surface area contributed by atoms with Crippen molar-refractivity contribution in [1.82, 2.24) is 10.6 Å². The second-order valence-corrected chi connectivity index (χ2v) is 6.20. The second-order valence-electron chi connectivity index (χ2n) is 6.20. The summed E-state index contributed by atoms with van der Waals surface area (Å²) >= 11 is 0. The van der Waals surface area contributed by atoms with Gasteiger partial charge in [-0.2, -0.15) is 0 Å². The zero-order chi connectivity index (χ0) is 18.9. The zero-order valence-electron chi connectivity index (χ0n) is 14.9. The van der Waals surface area contributed by atoms with Gasteiger partial charge in [0.2, 0.25) is 5.91 Å². The highest BCUT2D eigenvalue weighted by Crippen LogP contribution is 2.18. The Balaban J connectivity index is 1.56. The molecule has 0 radical (unpaired) electrons. The van der Waals surface area contributed by atoms with Crippen molar-refractivity contribution in [2.75, 3.05) is 6.54 Å². The highest BCUT2D eigenvalue weighted by atomic mass is 16.3. The predicted octanol–water partition coefficient (Wildman–Crippen LogP) is 3.50. The summed E-state index contributed by atoms with van der Waals surface area (Å²) in [6.45, 7) is 0.248. The van der Waals surface area contributed by atoms with Gasteiger partial charge in [0.15, 0.2) is 5.76 Å². The highest BCUT2D eigenvalue weighted by Gasteiger charge is 2.15. The van der Waals surface area contributed by atoms with Crippen molar-refractivity contribution in [1.29, 1.82) is 0 Å². The van der Waals surface area contributed by atoms with Gasteiger partial charge in [-0.3, -0.25) is 9.59 Å². The van der Waals surface area contributed by atoms with E-state index in [-0.39, 0.29) is 36.6 Å². The normalized spacial score (nSPS) is 11.6. The summed E-state index contributed by atoms with van der Waals surface area (Å²) in [5.41, 5.74) is 2.20. The number of hydrogen-bond donors (Lipinski definition) is 2. The molecule has 1 unspecified atom stereocenters. The van der Waals surface area contributed by atoms with Crippen LogP contribution in [0, 0.1) is 0 Å². The molecular formula is C22H22N2O3. The fourth-order valence-corrected chi connectivity index (χ4v) is 2.84. The molecule has 138 valence electrons. The summed E-state index contributed by atoms with van der Waals surface area (Å²) in [7, 11) is 0. The van der Waals surface area contributed by atoms with Crippen LogP contribution in [0.3, 0.4) is 0 Å². The minimum atomic E-state index is -0.323. The van der Waals surface area contributed by atoms with Gasteiger partial charge in [-0.15, -0.1) is 0 Å². The van der Waals surface area contributed by atoms with E-state index in [9.17, 15) is 9.59 Å². The van der Waals surface area contributed by atoms with Crippen molar-refractivity contribution in [3.63, 3.8) is 0 Å². The summed E-state index contributed by atoms with van der Waals surface area (Å²) in [4.78, 5) is 24.2. The smallest absolute Gasteiger partial charge is 0.286 e. The molecule has 0 saturated heterocycles. The van der Waals surface area contributed by atoms with Crippen LogP contribution in [-0.4, -0.2) is 18.4 Å². The summed E-state index contributed by atoms with van der Waals surface area (Å²) in [6.07, 6.45) is 2.34. The highest BCUT2D eigenvalue weighted by molar-refractivity contribution is 5.91. The molecule has 0 bridgehead atoms. The maximum Gasteiger partial charge on any atom is 0.286 e. The number of carbonyl (C=O) groups is 2. The maximum absolute atomic E-state index is 12.4. The standard InChI is InChI=1S/C22H22N2O3/c25-21(13-14-23-22(26)20-12-7-15-27-20)24-19(18-10-5-2-6-11-18)16-17-8-3-1-4-9-17/h1-12,15,19H,13-14,16H2,(H,23,26)(H,24,25). The molecule has 3 aromatic rings. The van der Waals surface area contributed by atoms with Gasteiger partial charge in [-0.05, 0) is 29.7 Å². The molecule has 0 saturated carbocycles. The number of nitrogens with one attached hydrogen (secondary N) is 2. The molecule has 0 fully saturated rings. The van der Waals surface area contributed by atoms with Crippen molar-refractivity contribution in [2.45, 2.75) is 18.9 Å². The first-order valence-electron chi connectivity index (χ1n) is 8.92. The van der Waals surface area contributed by atoms with E-state index >= 15 is 0 Å². The molecule has 1 heterocycles. The first-order valence-corrected chi connectivity index (χ1v) is 8.92. The molecule has 1 atom stereocenters. The molecule has 2 amide bonds. The van der Waals surface area contributed by atoms with E-state index < -0.39 is 0 Å². The van der Waals surface area contributed by atoms with E-state index in [1.807, 2.05) is 60.7 Å². The molecular weight excluding hydrogens is 340 g/mol. The Hall–Kier alpha value is -3.34. The quantitative estimate of drug-likeness (QED) is 0.644. The molecule has 5 nitrogen and oxygen atoms in total. The minimum Gasteiger partial charge on any atom is -0.459 e. The molecule has 5 heteroatoms. The van der Waals surface area contributed by atoms with Gasteiger partial charge in [0.1, 0.15) is 0 Å². The van der Waals surface area contributed by atoms with Crippen LogP contribution in [0.15, 0.2) is 83.5 Å². The van der Waals surface area contributed by atoms with Crippen LogP contribution in [0.4, 0.5) is 0 Å². The summed E-state index contributed by atoms with van der Waals surface area (Å²) in [5, 5.41) is 5.76. The summed E-state index contributed by atoms with van der Waals surface area (Å²) in [6, 6.07) is 23.0. The topological polar surface area (TPSA) is 71.3 Å². The molecule has 2 aromatic carbocycles. The molecule has 27 heavy (non-hydrogen) atoms. The van der Waals surface area contributed by atoms with Crippen LogP contribution in [0.2, 0.25) is 0 Å². The minimum absolute atomic E-state index is 0.112. The van der Waals surface area contributed by atoms with E-state index in [0.29, 0.717) is 6.42 Å². The maximum atomic E-state index is 12.4. The van der Waals surface area contributed by atoms with Crippen LogP contribution in [0.1, 0.15) is 34.1 Å². The van der Waals surface area contributed by atoms with Gasteiger partial charge in [0, 0.05) is 13.0 Å². The lowest BCUT2D eigenvalue weighted by Gasteiger charge is -2.19. The SMILES string of the molecule is O=C(CCNC(=O)c1ccco1)NC(Cc1ccccc1)c1ccccc1. The van der Waals surface area contributed by atoms with E-state index in [4.69, 9.17) is 4.42 Å². The average molecular weight is 362 g/mol. The van der Waals surface area contributed by atoms with Crippen LogP contribution in [0.25, 0.3) is 0 Å². The largest absolute Gasteiger partial charge is 0.459 e. The number of benzene rings is 2. The number of furan rings is 1. The van der Waals surface area contributed by atoms with Crippen molar-refractivity contribution in [3.05, 3.63) is 95.9 Å². The lowest BCUT2D eigenvalue weighted by molar-refractivity contribution is -0.121. The Morgan fingerprint density at radius 1 is 0.889 bits per heavy atom. The van der Waals surface area contributed by atoms with Crippen LogP contribution in [-0.2, 0) is 11.2 Å². The third-order valence-corrected chi connectivity index (χ3v) is 4.20. The Kier molecular flexibility index (Phi) is 6.41. The fraction of sp³-hybridized carbons (Fsp3) is 0.182. The van der Waals surface area contributed by atoms with Crippen molar-refractivity contribution >= 4 is 11.8 Å². The molecule has 0 aliphatic heterocycles. The van der Waals surface area contributed by atoms with Gasteiger partial charge in [-0.1, -0.05) is 60.7 Å². The van der Waals surface area contributed by atoms with Gasteiger partial charge in [0.25, 0.3) is 5.91 Å². The number of amides is 2. The van der Waals surface area contributed by atoms with E-state index in [1.54, 1.807) is 12.1 Å². The zero-order valence-corrected chi connectivity index (χ0v) is 14.9. The van der Waals surface area contributed by atoms with Crippen LogP contribution in [0.5, 0.6) is 0 Å². The van der Waals surface area contributed by atoms with Crippen molar-refractivity contribution in [3.8, 4) is 0 Å². The van der Waals surface area contributed by atoms with E-state index in [1.165, 1.54) is 6.26 Å². The van der Waals surface area contributed by atoms with E-state index in [0.717, 1.165) is 11.1 Å². The number of carbonyl (C=O) groups excluding carboxylic acids is 2. The lowest BCUT2D eigenvalue weighted by atomic mass is 9.98. The van der Waals surface area contributed by atoms with Crippen LogP contribution >= 0.6 is 0 Å². The first kappa shape index (κ1) is 18.5. The third kappa shape index (κ3) is 5.57. The van der Waals surface area contributed by atoms with Crippen molar-refractivity contribution < 1.29 is 14.0 Å². The predicted molar refractivity (Wildman–Crippen MR) is 103 cm³/mol. The lowest BCUT2D eigenvalue weighted by Crippen LogP contribution is -2.33. The summed E-state index contributed by atoms with van der Waals surface area (Å²) in [5.74, 6) is -0.196. The average Bonchev–Trinajstić information content (AvgIpc) is 3.24. The van der Waals surface area contributed by atoms with Gasteiger partial charge in [-0.25, -0.2) is 0 Å². The monoisotopic (exact) mass is 362 g/mol. The van der Waals surface area contributed by atoms with Crippen LogP contribution < -0.4 is 10.6 Å². The van der Waals surface area contributed by atoms with Gasteiger partial charge in [0.05, 0.1) is 12.3 Å². The Bertz CT molecular complexity index is 846. The molecule has 3 rings (SSSR count). The fourth-order valence-electron chi connectivity index (χ4n) is 2.84. The molecule has 0 aliphatic carbocycles. The number of hydrogen-bond acceptors (Lipinski definition) is 3. The summed E-state index contributed by atoms with van der Waals surface area (Å²) < 4.78 is 5.03. The van der Waals surface area contributed by atoms with Gasteiger partial charge < -0.3 is 15.1 Å². The molecule has 0 aliphatic rings. The third-order valence-electron chi connectivity index (χ3n) is 4.20. The first-order chi connectivity index (χ1) is 13.2. The molecule has 1 aromatic heterocycles. The molecule has 2 N–H and O–H groups in total. The second kappa shape index (κ2) is 9.38. The Labute approximate surface area is 158 Å². The van der Waals surface area contributed by atoms with Gasteiger partial charge >= 0.3 is 0 Å². The Morgan fingerprint density at radius 2 is 1.59 bits per heavy atom. The number of rotatable bonds is 8. The van der Waals surface area contributed by atoms with E-state index in [2.05, 4.69) is 10.6 Å².